The molecule has 0 aromatic heterocycles. The Bertz CT molecular complexity index is 170. The molecule has 1 rings (SSSR count). The van der Waals surface area contributed by atoms with Gasteiger partial charge in [0.15, 0.2) is 0 Å². The first-order valence-corrected chi connectivity index (χ1v) is 6.68. The molecule has 0 radical (unpaired) electrons. The minimum absolute atomic E-state index is 0.398. The zero-order valence-corrected chi connectivity index (χ0v) is 10.7. The summed E-state index contributed by atoms with van der Waals surface area (Å²) in [6.45, 7) is 9.25. The maximum atomic E-state index is 6.15. The average molecular weight is 212 g/mol. The van der Waals surface area contributed by atoms with E-state index in [4.69, 9.17) is 5.73 Å². The van der Waals surface area contributed by atoms with Crippen molar-refractivity contribution in [3.8, 4) is 0 Å². The molecule has 0 bridgehead atoms. The second-order valence-electron chi connectivity index (χ2n) is 5.13. The molecule has 1 fully saturated rings. The van der Waals surface area contributed by atoms with E-state index in [1.54, 1.807) is 0 Å². The maximum absolute atomic E-state index is 6.15. The Morgan fingerprint density at radius 2 is 2.13 bits per heavy atom. The van der Waals surface area contributed by atoms with E-state index >= 15 is 0 Å². The minimum atomic E-state index is 0.398. The third-order valence-corrected chi connectivity index (χ3v) is 3.93. The van der Waals surface area contributed by atoms with Gasteiger partial charge in [-0.1, -0.05) is 33.6 Å². The van der Waals surface area contributed by atoms with Crippen molar-refractivity contribution in [2.75, 3.05) is 13.1 Å². The topological polar surface area (TPSA) is 29.3 Å². The van der Waals surface area contributed by atoms with Gasteiger partial charge in [0, 0.05) is 18.6 Å². The third kappa shape index (κ3) is 3.76. The fourth-order valence-electron chi connectivity index (χ4n) is 2.54. The molecular weight excluding hydrogens is 184 g/mol. The Hall–Kier alpha value is -0.0800. The molecule has 15 heavy (non-hydrogen) atoms. The fourth-order valence-corrected chi connectivity index (χ4v) is 2.54. The first-order chi connectivity index (χ1) is 7.19. The number of likely N-dealkylation sites (tertiary alicyclic amines) is 1. The van der Waals surface area contributed by atoms with Crippen molar-refractivity contribution in [3.05, 3.63) is 0 Å². The lowest BCUT2D eigenvalue weighted by Gasteiger charge is -2.39. The van der Waals surface area contributed by atoms with Crippen LogP contribution in [-0.2, 0) is 0 Å². The average Bonchev–Trinajstić information content (AvgIpc) is 2.24. The van der Waals surface area contributed by atoms with Crippen LogP contribution in [0.2, 0.25) is 0 Å². The number of hydrogen-bond acceptors (Lipinski definition) is 2. The Morgan fingerprint density at radius 1 is 1.40 bits per heavy atom. The molecule has 90 valence electrons. The SMILES string of the molecule is CCCCC(CC)N1CCC(C)C(N)C1. The van der Waals surface area contributed by atoms with Crippen LogP contribution in [0, 0.1) is 5.92 Å². The molecule has 0 saturated carbocycles. The molecule has 1 heterocycles. The predicted octanol–water partition coefficient (Wildman–Crippen LogP) is 2.62. The summed E-state index contributed by atoms with van der Waals surface area (Å²) in [6.07, 6.45) is 6.59. The third-order valence-electron chi connectivity index (χ3n) is 3.93. The molecule has 2 heteroatoms. The fraction of sp³-hybridized carbons (Fsp3) is 1.00. The molecule has 3 atom stereocenters. The molecule has 2 N–H and O–H groups in total. The largest absolute Gasteiger partial charge is 0.326 e. The minimum Gasteiger partial charge on any atom is -0.326 e. The summed E-state index contributed by atoms with van der Waals surface area (Å²) in [6, 6.07) is 1.18. The highest BCUT2D eigenvalue weighted by Crippen LogP contribution is 2.21. The van der Waals surface area contributed by atoms with Crippen LogP contribution in [0.1, 0.15) is 52.9 Å². The number of piperidine rings is 1. The summed E-state index contributed by atoms with van der Waals surface area (Å²) in [5.41, 5.74) is 6.15. The van der Waals surface area contributed by atoms with Gasteiger partial charge in [0.05, 0.1) is 0 Å². The molecule has 1 aliphatic rings. The highest BCUT2D eigenvalue weighted by atomic mass is 15.2. The van der Waals surface area contributed by atoms with Crippen LogP contribution < -0.4 is 5.73 Å². The van der Waals surface area contributed by atoms with Crippen molar-refractivity contribution in [1.29, 1.82) is 0 Å². The van der Waals surface area contributed by atoms with Gasteiger partial charge in [0.1, 0.15) is 0 Å². The second-order valence-corrected chi connectivity index (χ2v) is 5.13. The van der Waals surface area contributed by atoms with Crippen LogP contribution in [0.15, 0.2) is 0 Å². The number of nitrogens with two attached hydrogens (primary N) is 1. The van der Waals surface area contributed by atoms with E-state index in [2.05, 4.69) is 25.7 Å². The van der Waals surface area contributed by atoms with E-state index in [1.807, 2.05) is 0 Å². The van der Waals surface area contributed by atoms with E-state index in [-0.39, 0.29) is 0 Å². The van der Waals surface area contributed by atoms with Gasteiger partial charge in [0.25, 0.3) is 0 Å². The van der Waals surface area contributed by atoms with E-state index < -0.39 is 0 Å². The van der Waals surface area contributed by atoms with Crippen molar-refractivity contribution in [2.45, 2.75) is 65.0 Å². The zero-order valence-electron chi connectivity index (χ0n) is 10.7. The van der Waals surface area contributed by atoms with Crippen molar-refractivity contribution < 1.29 is 0 Å². The highest BCUT2D eigenvalue weighted by Gasteiger charge is 2.26. The van der Waals surface area contributed by atoms with Crippen LogP contribution >= 0.6 is 0 Å². The second kappa shape index (κ2) is 6.49. The predicted molar refractivity (Wildman–Crippen MR) is 66.9 cm³/mol. The van der Waals surface area contributed by atoms with Gasteiger partial charge in [-0.3, -0.25) is 4.90 Å². The van der Waals surface area contributed by atoms with Crippen molar-refractivity contribution in [1.82, 2.24) is 4.90 Å². The molecule has 0 aliphatic carbocycles. The Kier molecular flexibility index (Phi) is 5.62. The maximum Gasteiger partial charge on any atom is 0.0194 e. The molecule has 0 spiro atoms. The van der Waals surface area contributed by atoms with Crippen LogP contribution in [0.4, 0.5) is 0 Å². The molecule has 0 aromatic rings. The van der Waals surface area contributed by atoms with Gasteiger partial charge in [0.2, 0.25) is 0 Å². The van der Waals surface area contributed by atoms with Gasteiger partial charge in [-0.05, 0) is 31.7 Å². The number of rotatable bonds is 5. The molecule has 1 aliphatic heterocycles. The summed E-state index contributed by atoms with van der Waals surface area (Å²) < 4.78 is 0. The molecule has 0 amide bonds. The van der Waals surface area contributed by atoms with Gasteiger partial charge in [-0.15, -0.1) is 0 Å². The van der Waals surface area contributed by atoms with E-state index in [0.717, 1.165) is 12.6 Å². The molecule has 2 nitrogen and oxygen atoms in total. The lowest BCUT2D eigenvalue weighted by atomic mass is 9.92. The standard InChI is InChI=1S/C13H28N2/c1-4-6-7-12(5-2)15-9-8-11(3)13(14)10-15/h11-13H,4-10,14H2,1-3H3. The van der Waals surface area contributed by atoms with Gasteiger partial charge >= 0.3 is 0 Å². The Morgan fingerprint density at radius 3 is 2.67 bits per heavy atom. The summed E-state index contributed by atoms with van der Waals surface area (Å²) >= 11 is 0. The Balaban J connectivity index is 2.39. The van der Waals surface area contributed by atoms with E-state index in [0.29, 0.717) is 12.0 Å². The lowest BCUT2D eigenvalue weighted by Crippen LogP contribution is -2.51. The molecular formula is C13H28N2. The van der Waals surface area contributed by atoms with Gasteiger partial charge in [-0.2, -0.15) is 0 Å². The van der Waals surface area contributed by atoms with Crippen LogP contribution in [0.25, 0.3) is 0 Å². The highest BCUT2D eigenvalue weighted by molar-refractivity contribution is 4.84. The van der Waals surface area contributed by atoms with Gasteiger partial charge < -0.3 is 5.73 Å². The van der Waals surface area contributed by atoms with E-state index in [9.17, 15) is 0 Å². The first kappa shape index (κ1) is 13.0. The molecule has 3 unspecified atom stereocenters. The van der Waals surface area contributed by atoms with Crippen molar-refractivity contribution >= 4 is 0 Å². The summed E-state index contributed by atoms with van der Waals surface area (Å²) in [7, 11) is 0. The monoisotopic (exact) mass is 212 g/mol. The van der Waals surface area contributed by atoms with E-state index in [1.165, 1.54) is 38.6 Å². The van der Waals surface area contributed by atoms with Crippen LogP contribution in [-0.4, -0.2) is 30.1 Å². The quantitative estimate of drug-likeness (QED) is 0.759. The summed E-state index contributed by atoms with van der Waals surface area (Å²) in [5.74, 6) is 0.713. The first-order valence-electron chi connectivity index (χ1n) is 6.68. The lowest BCUT2D eigenvalue weighted by molar-refractivity contribution is 0.110. The Labute approximate surface area is 95.2 Å². The normalized spacial score (nSPS) is 30.4. The number of unbranched alkanes of at least 4 members (excludes halogenated alkanes) is 1. The zero-order chi connectivity index (χ0) is 11.3. The van der Waals surface area contributed by atoms with Crippen LogP contribution in [0.3, 0.4) is 0 Å². The number of nitrogens with zero attached hydrogens (tertiary/aromatic N) is 1. The molecule has 0 aromatic carbocycles. The van der Waals surface area contributed by atoms with Crippen molar-refractivity contribution in [3.63, 3.8) is 0 Å². The summed E-state index contributed by atoms with van der Waals surface area (Å²) in [4.78, 5) is 2.63. The van der Waals surface area contributed by atoms with Gasteiger partial charge in [-0.25, -0.2) is 0 Å². The number of hydrogen-bond donors (Lipinski definition) is 1. The van der Waals surface area contributed by atoms with Crippen molar-refractivity contribution in [2.24, 2.45) is 11.7 Å². The summed E-state index contributed by atoms with van der Waals surface area (Å²) in [5, 5.41) is 0. The smallest absolute Gasteiger partial charge is 0.0194 e. The molecule has 1 saturated heterocycles. The van der Waals surface area contributed by atoms with Crippen LogP contribution in [0.5, 0.6) is 0 Å².